The Bertz CT molecular complexity index is 995. The predicted octanol–water partition coefficient (Wildman–Crippen LogP) is 5.45. The number of benzene rings is 2. The summed E-state index contributed by atoms with van der Waals surface area (Å²) >= 11 is 12.3. The summed E-state index contributed by atoms with van der Waals surface area (Å²) in [6.45, 7) is 0. The molecule has 0 bridgehead atoms. The van der Waals surface area contributed by atoms with Crippen molar-refractivity contribution in [1.29, 1.82) is 0 Å². The highest BCUT2D eigenvalue weighted by atomic mass is 35.5. The van der Waals surface area contributed by atoms with Crippen molar-refractivity contribution in [1.82, 2.24) is 0 Å². The van der Waals surface area contributed by atoms with Gasteiger partial charge in [0, 0.05) is 17.4 Å². The van der Waals surface area contributed by atoms with Crippen molar-refractivity contribution in [2.45, 2.75) is 25.7 Å². The third-order valence-electron chi connectivity index (χ3n) is 4.58. The largest absolute Gasteiger partial charge is 0.459 e. The minimum Gasteiger partial charge on any atom is -0.459 e. The van der Waals surface area contributed by atoms with Crippen LogP contribution in [0.25, 0.3) is 11.0 Å². The van der Waals surface area contributed by atoms with Gasteiger partial charge in [-0.25, -0.2) is 0 Å². The predicted molar refractivity (Wildman–Crippen MR) is 102 cm³/mol. The smallest absolute Gasteiger partial charge is 0.258 e. The fraction of sp³-hybridized carbons (Fsp3) is 0.211. The SMILES string of the molecule is Nc1ccc(Cl)c(C(=O)Nc2cccc3c4c(oc23)CCCC4)c1Cl. The lowest BCUT2D eigenvalue weighted by Crippen LogP contribution is -2.14. The molecule has 0 fully saturated rings. The van der Waals surface area contributed by atoms with Gasteiger partial charge in [0.05, 0.1) is 27.0 Å². The van der Waals surface area contributed by atoms with Crippen LogP contribution in [0.1, 0.15) is 34.5 Å². The molecule has 0 spiro atoms. The first-order chi connectivity index (χ1) is 12.1. The van der Waals surface area contributed by atoms with Gasteiger partial charge in [0.1, 0.15) is 5.76 Å². The Balaban J connectivity index is 1.75. The van der Waals surface area contributed by atoms with Crippen molar-refractivity contribution in [3.8, 4) is 0 Å². The number of hydrogen-bond donors (Lipinski definition) is 2. The Kier molecular flexibility index (Phi) is 4.10. The number of carbonyl (C=O) groups excluding carboxylic acids is 1. The highest BCUT2D eigenvalue weighted by Crippen LogP contribution is 2.36. The molecule has 25 heavy (non-hydrogen) atoms. The van der Waals surface area contributed by atoms with E-state index in [1.54, 1.807) is 12.1 Å². The zero-order chi connectivity index (χ0) is 17.6. The molecule has 1 aliphatic rings. The van der Waals surface area contributed by atoms with Crippen molar-refractivity contribution in [3.63, 3.8) is 0 Å². The molecule has 0 radical (unpaired) electrons. The fourth-order valence-corrected chi connectivity index (χ4v) is 3.89. The summed E-state index contributed by atoms with van der Waals surface area (Å²) in [4.78, 5) is 12.7. The van der Waals surface area contributed by atoms with E-state index in [0.29, 0.717) is 17.0 Å². The fourth-order valence-electron chi connectivity index (χ4n) is 3.34. The monoisotopic (exact) mass is 374 g/mol. The molecule has 4 nitrogen and oxygen atoms in total. The number of nitrogen functional groups attached to an aromatic ring is 1. The maximum absolute atomic E-state index is 12.7. The molecule has 1 heterocycles. The first-order valence-corrected chi connectivity index (χ1v) is 8.90. The molecule has 0 unspecified atom stereocenters. The second kappa shape index (κ2) is 6.28. The highest BCUT2D eigenvalue weighted by Gasteiger charge is 2.22. The number of carbonyl (C=O) groups is 1. The number of hydrogen-bond acceptors (Lipinski definition) is 3. The quantitative estimate of drug-likeness (QED) is 0.585. The molecule has 1 aliphatic carbocycles. The summed E-state index contributed by atoms with van der Waals surface area (Å²) < 4.78 is 6.04. The molecule has 3 aromatic rings. The Labute approximate surface area is 154 Å². The molecule has 128 valence electrons. The van der Waals surface area contributed by atoms with Crippen LogP contribution in [0.4, 0.5) is 11.4 Å². The van der Waals surface area contributed by atoms with Gasteiger partial charge in [-0.15, -0.1) is 0 Å². The number of amides is 1. The van der Waals surface area contributed by atoms with Gasteiger partial charge in [0.15, 0.2) is 5.58 Å². The Morgan fingerprint density at radius 1 is 1.12 bits per heavy atom. The van der Waals surface area contributed by atoms with Crippen LogP contribution in [0.2, 0.25) is 10.0 Å². The molecule has 0 saturated carbocycles. The molecule has 0 aliphatic heterocycles. The van der Waals surface area contributed by atoms with Crippen LogP contribution < -0.4 is 11.1 Å². The van der Waals surface area contributed by atoms with Gasteiger partial charge in [-0.1, -0.05) is 35.3 Å². The second-order valence-electron chi connectivity index (χ2n) is 6.17. The van der Waals surface area contributed by atoms with Crippen LogP contribution in [0.15, 0.2) is 34.7 Å². The van der Waals surface area contributed by atoms with Crippen molar-refractivity contribution >= 4 is 51.5 Å². The number of halogens is 2. The van der Waals surface area contributed by atoms with E-state index in [2.05, 4.69) is 5.32 Å². The second-order valence-corrected chi connectivity index (χ2v) is 6.96. The number of rotatable bonds is 2. The number of anilines is 2. The normalized spacial score (nSPS) is 13.7. The molecule has 0 saturated heterocycles. The van der Waals surface area contributed by atoms with Gasteiger partial charge in [-0.2, -0.15) is 0 Å². The van der Waals surface area contributed by atoms with Gasteiger partial charge >= 0.3 is 0 Å². The van der Waals surface area contributed by atoms with Crippen molar-refractivity contribution in [2.75, 3.05) is 11.1 Å². The van der Waals surface area contributed by atoms with Crippen LogP contribution in [0, 0.1) is 0 Å². The topological polar surface area (TPSA) is 68.3 Å². The minimum absolute atomic E-state index is 0.149. The molecule has 4 rings (SSSR count). The van der Waals surface area contributed by atoms with Crippen LogP contribution in [-0.4, -0.2) is 5.91 Å². The minimum atomic E-state index is -0.413. The lowest BCUT2D eigenvalue weighted by molar-refractivity contribution is 0.102. The first kappa shape index (κ1) is 16.3. The van der Waals surface area contributed by atoms with Gasteiger partial charge in [0.25, 0.3) is 5.91 Å². The van der Waals surface area contributed by atoms with E-state index in [9.17, 15) is 4.79 Å². The van der Waals surface area contributed by atoms with Gasteiger partial charge in [0.2, 0.25) is 0 Å². The van der Waals surface area contributed by atoms with E-state index in [1.165, 1.54) is 5.56 Å². The summed E-state index contributed by atoms with van der Waals surface area (Å²) in [5.41, 5.74) is 8.80. The number of nitrogens with two attached hydrogens (primary N) is 1. The Hall–Kier alpha value is -2.17. The summed E-state index contributed by atoms with van der Waals surface area (Å²) in [7, 11) is 0. The summed E-state index contributed by atoms with van der Waals surface area (Å²) in [5.74, 6) is 0.604. The van der Waals surface area contributed by atoms with Crippen LogP contribution in [0.3, 0.4) is 0 Å². The van der Waals surface area contributed by atoms with E-state index in [1.807, 2.05) is 18.2 Å². The average molecular weight is 375 g/mol. The third kappa shape index (κ3) is 2.75. The van der Waals surface area contributed by atoms with Crippen molar-refractivity contribution < 1.29 is 9.21 Å². The lowest BCUT2D eigenvalue weighted by atomic mass is 9.96. The van der Waals surface area contributed by atoms with Crippen LogP contribution >= 0.6 is 23.2 Å². The number of para-hydroxylation sites is 1. The van der Waals surface area contributed by atoms with E-state index in [-0.39, 0.29) is 15.6 Å². The molecule has 1 amide bonds. The maximum Gasteiger partial charge on any atom is 0.258 e. The molecule has 3 N–H and O–H groups in total. The molecule has 6 heteroatoms. The van der Waals surface area contributed by atoms with E-state index < -0.39 is 5.91 Å². The van der Waals surface area contributed by atoms with Gasteiger partial charge in [-0.3, -0.25) is 4.79 Å². The van der Waals surface area contributed by atoms with E-state index >= 15 is 0 Å². The molecular weight excluding hydrogens is 359 g/mol. The van der Waals surface area contributed by atoms with Gasteiger partial charge in [-0.05, 0) is 37.5 Å². The first-order valence-electron chi connectivity index (χ1n) is 8.14. The lowest BCUT2D eigenvalue weighted by Gasteiger charge is -2.10. The van der Waals surface area contributed by atoms with Crippen LogP contribution in [0.5, 0.6) is 0 Å². The van der Waals surface area contributed by atoms with E-state index in [0.717, 1.165) is 36.8 Å². The van der Waals surface area contributed by atoms with Crippen LogP contribution in [-0.2, 0) is 12.8 Å². The third-order valence-corrected chi connectivity index (χ3v) is 5.30. The Morgan fingerprint density at radius 3 is 2.76 bits per heavy atom. The number of aryl methyl sites for hydroxylation is 2. The standard InChI is InChI=1S/C19H16Cl2N2O2/c20-12-8-9-13(22)17(21)16(12)19(24)23-14-6-3-5-11-10-4-1-2-7-15(10)25-18(11)14/h3,5-6,8-9H,1-2,4,7,22H2,(H,23,24). The van der Waals surface area contributed by atoms with Crippen molar-refractivity contribution in [3.05, 3.63) is 57.3 Å². The number of furan rings is 1. The van der Waals surface area contributed by atoms with Gasteiger partial charge < -0.3 is 15.5 Å². The maximum atomic E-state index is 12.7. The van der Waals surface area contributed by atoms with E-state index in [4.69, 9.17) is 33.4 Å². The zero-order valence-corrected chi connectivity index (χ0v) is 14.9. The number of fused-ring (bicyclic) bond motifs is 3. The summed E-state index contributed by atoms with van der Waals surface area (Å²) in [6, 6.07) is 8.87. The average Bonchev–Trinajstić information content (AvgIpc) is 2.98. The molecular formula is C19H16Cl2N2O2. The Morgan fingerprint density at radius 2 is 1.92 bits per heavy atom. The highest BCUT2D eigenvalue weighted by molar-refractivity contribution is 6.42. The van der Waals surface area contributed by atoms with Crippen molar-refractivity contribution in [2.24, 2.45) is 0 Å². The molecule has 0 atom stereocenters. The molecule has 2 aromatic carbocycles. The number of nitrogens with one attached hydrogen (secondary N) is 1. The zero-order valence-electron chi connectivity index (χ0n) is 13.4. The molecule has 1 aromatic heterocycles. The summed E-state index contributed by atoms with van der Waals surface area (Å²) in [6.07, 6.45) is 4.23. The summed E-state index contributed by atoms with van der Waals surface area (Å²) in [5, 5.41) is 4.32.